The Balaban J connectivity index is 1.54. The van der Waals surface area contributed by atoms with Gasteiger partial charge < -0.3 is 10.6 Å². The second kappa shape index (κ2) is 9.23. The Morgan fingerprint density at radius 3 is 2.28 bits per heavy atom. The van der Waals surface area contributed by atoms with Crippen molar-refractivity contribution >= 4 is 23.2 Å². The molecular weight excluding hydrogens is 362 g/mol. The predicted molar refractivity (Wildman–Crippen MR) is 118 cm³/mol. The van der Waals surface area contributed by atoms with Crippen LogP contribution in [0.25, 0.3) is 0 Å². The quantitative estimate of drug-likeness (QED) is 0.701. The zero-order valence-corrected chi connectivity index (χ0v) is 17.8. The summed E-state index contributed by atoms with van der Waals surface area (Å²) in [4.78, 5) is 27.2. The SMILES string of the molecule is Cc1ccc(C)c(NC(=O)CN(CCC(=O)Nc2c(C)cccc2C)C2CC2)c1. The van der Waals surface area contributed by atoms with Gasteiger partial charge in [-0.25, -0.2) is 0 Å². The molecule has 0 spiro atoms. The molecule has 0 radical (unpaired) electrons. The van der Waals surface area contributed by atoms with Gasteiger partial charge in [-0.1, -0.05) is 30.3 Å². The maximum atomic E-state index is 12.6. The third-order valence-electron chi connectivity index (χ3n) is 5.45. The topological polar surface area (TPSA) is 61.4 Å². The largest absolute Gasteiger partial charge is 0.326 e. The maximum Gasteiger partial charge on any atom is 0.238 e. The molecule has 2 N–H and O–H groups in total. The van der Waals surface area contributed by atoms with E-state index in [1.54, 1.807) is 0 Å². The normalized spacial score (nSPS) is 13.4. The molecule has 5 nitrogen and oxygen atoms in total. The molecule has 2 aromatic carbocycles. The highest BCUT2D eigenvalue weighted by atomic mass is 16.2. The van der Waals surface area contributed by atoms with E-state index in [-0.39, 0.29) is 11.8 Å². The highest BCUT2D eigenvalue weighted by Gasteiger charge is 2.30. The van der Waals surface area contributed by atoms with Crippen molar-refractivity contribution in [2.24, 2.45) is 0 Å². The summed E-state index contributed by atoms with van der Waals surface area (Å²) in [7, 11) is 0. The smallest absolute Gasteiger partial charge is 0.238 e. The maximum absolute atomic E-state index is 12.6. The number of rotatable bonds is 8. The van der Waals surface area contributed by atoms with Crippen LogP contribution in [0.5, 0.6) is 0 Å². The first-order chi connectivity index (χ1) is 13.8. The second-order valence-electron chi connectivity index (χ2n) is 8.13. The van der Waals surface area contributed by atoms with Crippen LogP contribution < -0.4 is 10.6 Å². The molecule has 2 amide bonds. The van der Waals surface area contributed by atoms with E-state index in [1.807, 2.05) is 64.1 Å². The van der Waals surface area contributed by atoms with Crippen LogP contribution in [0.3, 0.4) is 0 Å². The molecule has 154 valence electrons. The van der Waals surface area contributed by atoms with Gasteiger partial charge in [0.05, 0.1) is 6.54 Å². The highest BCUT2D eigenvalue weighted by molar-refractivity contribution is 5.94. The summed E-state index contributed by atoms with van der Waals surface area (Å²) < 4.78 is 0. The van der Waals surface area contributed by atoms with Crippen molar-refractivity contribution in [2.45, 2.75) is 53.0 Å². The van der Waals surface area contributed by atoms with Gasteiger partial charge in [-0.05, 0) is 68.9 Å². The fraction of sp³-hybridized carbons (Fsp3) is 0.417. The molecule has 1 saturated carbocycles. The number of amides is 2. The van der Waals surface area contributed by atoms with Gasteiger partial charge in [0.2, 0.25) is 11.8 Å². The number of aryl methyl sites for hydroxylation is 4. The van der Waals surface area contributed by atoms with E-state index in [0.717, 1.165) is 46.5 Å². The molecule has 1 aliphatic rings. The molecule has 0 aromatic heterocycles. The lowest BCUT2D eigenvalue weighted by Gasteiger charge is -2.22. The van der Waals surface area contributed by atoms with Crippen LogP contribution in [-0.4, -0.2) is 35.8 Å². The van der Waals surface area contributed by atoms with Crippen molar-refractivity contribution in [3.63, 3.8) is 0 Å². The Hall–Kier alpha value is -2.66. The van der Waals surface area contributed by atoms with Crippen molar-refractivity contribution in [1.82, 2.24) is 4.90 Å². The molecule has 1 fully saturated rings. The molecule has 0 heterocycles. The van der Waals surface area contributed by atoms with E-state index < -0.39 is 0 Å². The number of anilines is 2. The standard InChI is InChI=1S/C24H31N3O2/c1-16-8-9-17(2)21(14-16)25-23(29)15-27(20-10-11-20)13-12-22(28)26-24-18(3)6-5-7-19(24)4/h5-9,14,20H,10-13,15H2,1-4H3,(H,25,29)(H,26,28). The van der Waals surface area contributed by atoms with Gasteiger partial charge in [-0.3, -0.25) is 14.5 Å². The summed E-state index contributed by atoms with van der Waals surface area (Å²) in [6.07, 6.45) is 2.56. The minimum Gasteiger partial charge on any atom is -0.326 e. The third-order valence-corrected chi connectivity index (χ3v) is 5.45. The Bertz CT molecular complexity index is 883. The van der Waals surface area contributed by atoms with Crippen molar-refractivity contribution in [3.8, 4) is 0 Å². The Kier molecular flexibility index (Phi) is 6.70. The fourth-order valence-electron chi connectivity index (χ4n) is 3.53. The van der Waals surface area contributed by atoms with Gasteiger partial charge in [0.25, 0.3) is 0 Å². The van der Waals surface area contributed by atoms with Crippen molar-refractivity contribution in [3.05, 3.63) is 58.7 Å². The lowest BCUT2D eigenvalue weighted by atomic mass is 10.1. The number of carbonyl (C=O) groups excluding carboxylic acids is 2. The minimum atomic E-state index is -0.0271. The van der Waals surface area contributed by atoms with E-state index in [9.17, 15) is 9.59 Å². The molecule has 2 aromatic rings. The summed E-state index contributed by atoms with van der Waals surface area (Å²) in [5.41, 5.74) is 6.04. The van der Waals surface area contributed by atoms with Gasteiger partial charge in [0.15, 0.2) is 0 Å². The van der Waals surface area contributed by atoms with E-state index in [0.29, 0.717) is 25.6 Å². The number of hydrogen-bond donors (Lipinski definition) is 2. The third kappa shape index (κ3) is 5.91. The van der Waals surface area contributed by atoms with Crippen LogP contribution in [0.1, 0.15) is 41.5 Å². The molecular formula is C24H31N3O2. The average Bonchev–Trinajstić information content (AvgIpc) is 3.50. The van der Waals surface area contributed by atoms with E-state index in [1.165, 1.54) is 0 Å². The molecule has 5 heteroatoms. The number of nitrogens with zero attached hydrogens (tertiary/aromatic N) is 1. The first-order valence-corrected chi connectivity index (χ1v) is 10.3. The van der Waals surface area contributed by atoms with Crippen LogP contribution in [0.4, 0.5) is 11.4 Å². The van der Waals surface area contributed by atoms with Crippen LogP contribution >= 0.6 is 0 Å². The summed E-state index contributed by atoms with van der Waals surface area (Å²) in [5.74, 6) is -0.0382. The summed E-state index contributed by atoms with van der Waals surface area (Å²) in [5, 5.41) is 6.06. The van der Waals surface area contributed by atoms with Gasteiger partial charge in [0.1, 0.15) is 0 Å². The average molecular weight is 394 g/mol. The van der Waals surface area contributed by atoms with Crippen molar-refractivity contribution in [2.75, 3.05) is 23.7 Å². The van der Waals surface area contributed by atoms with Crippen LogP contribution in [0.15, 0.2) is 36.4 Å². The molecule has 0 saturated heterocycles. The number of carbonyl (C=O) groups is 2. The Labute approximate surface area is 173 Å². The zero-order valence-electron chi connectivity index (χ0n) is 17.8. The van der Waals surface area contributed by atoms with Crippen LogP contribution in [0.2, 0.25) is 0 Å². The molecule has 3 rings (SSSR count). The molecule has 0 unspecified atom stereocenters. The van der Waals surface area contributed by atoms with Gasteiger partial charge in [-0.15, -0.1) is 0 Å². The highest BCUT2D eigenvalue weighted by Crippen LogP contribution is 2.27. The zero-order chi connectivity index (χ0) is 21.0. The summed E-state index contributed by atoms with van der Waals surface area (Å²) in [6.45, 7) is 8.90. The first kappa shape index (κ1) is 21.1. The number of para-hydroxylation sites is 1. The Morgan fingerprint density at radius 1 is 0.931 bits per heavy atom. The number of nitrogens with one attached hydrogen (secondary N) is 2. The molecule has 0 bridgehead atoms. The summed E-state index contributed by atoms with van der Waals surface area (Å²) in [6, 6.07) is 12.4. The van der Waals surface area contributed by atoms with E-state index in [4.69, 9.17) is 0 Å². The summed E-state index contributed by atoms with van der Waals surface area (Å²) >= 11 is 0. The fourth-order valence-corrected chi connectivity index (χ4v) is 3.53. The van der Waals surface area contributed by atoms with Gasteiger partial charge in [0, 0.05) is 30.4 Å². The van der Waals surface area contributed by atoms with Gasteiger partial charge in [-0.2, -0.15) is 0 Å². The second-order valence-corrected chi connectivity index (χ2v) is 8.13. The van der Waals surface area contributed by atoms with Crippen molar-refractivity contribution < 1.29 is 9.59 Å². The van der Waals surface area contributed by atoms with Crippen molar-refractivity contribution in [1.29, 1.82) is 0 Å². The Morgan fingerprint density at radius 2 is 1.62 bits per heavy atom. The lowest BCUT2D eigenvalue weighted by molar-refractivity contribution is -0.119. The molecule has 0 atom stereocenters. The van der Waals surface area contributed by atoms with Crippen LogP contribution in [0, 0.1) is 27.7 Å². The van der Waals surface area contributed by atoms with E-state index in [2.05, 4.69) is 15.5 Å². The molecule has 29 heavy (non-hydrogen) atoms. The molecule has 0 aliphatic heterocycles. The van der Waals surface area contributed by atoms with Gasteiger partial charge >= 0.3 is 0 Å². The van der Waals surface area contributed by atoms with E-state index >= 15 is 0 Å². The number of hydrogen-bond acceptors (Lipinski definition) is 3. The monoisotopic (exact) mass is 393 g/mol. The molecule has 1 aliphatic carbocycles. The minimum absolute atomic E-state index is 0.0111. The lowest BCUT2D eigenvalue weighted by Crippen LogP contribution is -2.37. The first-order valence-electron chi connectivity index (χ1n) is 10.3. The predicted octanol–water partition coefficient (Wildman–Crippen LogP) is 4.35. The van der Waals surface area contributed by atoms with Crippen LogP contribution in [-0.2, 0) is 9.59 Å². The number of benzene rings is 2.